The van der Waals surface area contributed by atoms with E-state index in [1.807, 2.05) is 0 Å². The van der Waals surface area contributed by atoms with Crippen molar-refractivity contribution >= 4 is 39.8 Å². The molecule has 0 unspecified atom stereocenters. The summed E-state index contributed by atoms with van der Waals surface area (Å²) in [5.41, 5.74) is 0. The Morgan fingerprint density at radius 1 is 1.18 bits per heavy atom. The molecule has 0 aliphatic carbocycles. The summed E-state index contributed by atoms with van der Waals surface area (Å²) in [7, 11) is -1.38. The van der Waals surface area contributed by atoms with Crippen molar-refractivity contribution in [3.05, 3.63) is 24.3 Å². The number of piperazine rings is 1. The predicted molar refractivity (Wildman–Crippen MR) is 125 cm³/mol. The summed E-state index contributed by atoms with van der Waals surface area (Å²) in [6.45, 7) is 10.8. The molecule has 1 fully saturated rings. The standard InChI is InChI=1S/C19H32N4O3S.HI/c1-16(2)15-22-10-12-23(13-11-22)19(20-3)21-9-14-26-17-5-7-18(8-6-17)27(4,24)25;/h5-8,16H,9-15H2,1-4H3,(H,20,21);1H. The van der Waals surface area contributed by atoms with Crippen LogP contribution in [0.1, 0.15) is 13.8 Å². The van der Waals surface area contributed by atoms with Gasteiger partial charge in [-0.3, -0.25) is 9.89 Å². The third-order valence-corrected chi connectivity index (χ3v) is 5.54. The molecule has 0 amide bonds. The molecule has 2 rings (SSSR count). The summed E-state index contributed by atoms with van der Waals surface area (Å²) in [4.78, 5) is 9.44. The zero-order chi connectivity index (χ0) is 19.9. The quantitative estimate of drug-likeness (QED) is 0.255. The molecule has 0 saturated carbocycles. The summed E-state index contributed by atoms with van der Waals surface area (Å²) in [6, 6.07) is 6.49. The zero-order valence-corrected chi connectivity index (χ0v) is 20.4. The molecule has 7 nitrogen and oxygen atoms in total. The summed E-state index contributed by atoms with van der Waals surface area (Å²) >= 11 is 0. The van der Waals surface area contributed by atoms with Gasteiger partial charge in [-0.15, -0.1) is 24.0 Å². The topological polar surface area (TPSA) is 74.2 Å². The number of sulfone groups is 1. The van der Waals surface area contributed by atoms with E-state index in [-0.39, 0.29) is 24.0 Å². The molecule has 1 aromatic carbocycles. The van der Waals surface area contributed by atoms with Gasteiger partial charge in [0.15, 0.2) is 15.8 Å². The van der Waals surface area contributed by atoms with E-state index in [4.69, 9.17) is 4.74 Å². The molecule has 0 radical (unpaired) electrons. The van der Waals surface area contributed by atoms with Crippen molar-refractivity contribution in [2.45, 2.75) is 18.7 Å². The first kappa shape index (κ1) is 25.0. The fourth-order valence-corrected chi connectivity index (χ4v) is 3.74. The fraction of sp³-hybridized carbons (Fsp3) is 0.632. The monoisotopic (exact) mass is 524 g/mol. The number of hydrogen-bond acceptors (Lipinski definition) is 5. The van der Waals surface area contributed by atoms with Gasteiger partial charge in [0.2, 0.25) is 0 Å². The lowest BCUT2D eigenvalue weighted by atomic mass is 10.2. The van der Waals surface area contributed by atoms with E-state index < -0.39 is 9.84 Å². The van der Waals surface area contributed by atoms with Crippen molar-refractivity contribution in [3.63, 3.8) is 0 Å². The van der Waals surface area contributed by atoms with Crippen molar-refractivity contribution in [2.75, 3.05) is 59.2 Å². The lowest BCUT2D eigenvalue weighted by Gasteiger charge is -2.37. The van der Waals surface area contributed by atoms with Gasteiger partial charge in [0.05, 0.1) is 11.4 Å². The zero-order valence-electron chi connectivity index (χ0n) is 17.2. The summed E-state index contributed by atoms with van der Waals surface area (Å²) in [5, 5.41) is 3.34. The van der Waals surface area contributed by atoms with Gasteiger partial charge < -0.3 is 15.0 Å². The number of ether oxygens (including phenoxy) is 1. The molecule has 1 N–H and O–H groups in total. The van der Waals surface area contributed by atoms with Crippen LogP contribution in [0.3, 0.4) is 0 Å². The van der Waals surface area contributed by atoms with Crippen LogP contribution in [0.25, 0.3) is 0 Å². The van der Waals surface area contributed by atoms with Crippen molar-refractivity contribution in [2.24, 2.45) is 10.9 Å². The Balaban J connectivity index is 0.00000392. The van der Waals surface area contributed by atoms with Crippen molar-refractivity contribution < 1.29 is 13.2 Å². The molecule has 0 spiro atoms. The van der Waals surface area contributed by atoms with Crippen LogP contribution in [-0.4, -0.2) is 83.4 Å². The largest absolute Gasteiger partial charge is 0.492 e. The van der Waals surface area contributed by atoms with Crippen LogP contribution < -0.4 is 10.1 Å². The maximum Gasteiger partial charge on any atom is 0.193 e. The molecular formula is C19H33IN4O3S. The minimum atomic E-state index is -3.18. The fourth-order valence-electron chi connectivity index (χ4n) is 3.11. The molecule has 0 atom stereocenters. The van der Waals surface area contributed by atoms with Crippen LogP contribution in [0.2, 0.25) is 0 Å². The Labute approximate surface area is 186 Å². The number of nitrogens with zero attached hydrogens (tertiary/aromatic N) is 3. The van der Waals surface area contributed by atoms with Crippen molar-refractivity contribution in [1.29, 1.82) is 0 Å². The molecule has 1 heterocycles. The SMILES string of the molecule is CN=C(NCCOc1ccc(S(C)(=O)=O)cc1)N1CCN(CC(C)C)CC1.I. The van der Waals surface area contributed by atoms with Gasteiger partial charge in [0, 0.05) is 46.0 Å². The number of nitrogens with one attached hydrogen (secondary N) is 1. The average Bonchev–Trinajstić information content (AvgIpc) is 2.62. The minimum absolute atomic E-state index is 0. The van der Waals surface area contributed by atoms with E-state index >= 15 is 0 Å². The number of guanidine groups is 1. The first-order valence-corrected chi connectivity index (χ1v) is 11.3. The Hall–Kier alpha value is -1.07. The van der Waals surface area contributed by atoms with E-state index in [2.05, 4.69) is 34.0 Å². The number of halogens is 1. The van der Waals surface area contributed by atoms with Crippen LogP contribution in [0.4, 0.5) is 0 Å². The van der Waals surface area contributed by atoms with Crippen LogP contribution >= 0.6 is 24.0 Å². The third kappa shape index (κ3) is 8.12. The third-order valence-electron chi connectivity index (χ3n) is 4.41. The van der Waals surface area contributed by atoms with Crippen molar-refractivity contribution in [3.8, 4) is 5.75 Å². The highest BCUT2D eigenvalue weighted by Gasteiger charge is 2.19. The molecule has 1 aliphatic heterocycles. The molecule has 0 aromatic heterocycles. The first-order valence-electron chi connectivity index (χ1n) is 9.40. The summed E-state index contributed by atoms with van der Waals surface area (Å²) in [6.07, 6.45) is 1.20. The lowest BCUT2D eigenvalue weighted by Crippen LogP contribution is -2.53. The summed E-state index contributed by atoms with van der Waals surface area (Å²) in [5.74, 6) is 2.24. The molecule has 160 valence electrons. The second-order valence-electron chi connectivity index (χ2n) is 7.25. The Kier molecular flexibility index (Phi) is 10.5. The van der Waals surface area contributed by atoms with Crippen LogP contribution in [0.15, 0.2) is 34.2 Å². The predicted octanol–water partition coefficient (Wildman–Crippen LogP) is 1.94. The Bertz CT molecular complexity index is 715. The Morgan fingerprint density at radius 3 is 2.29 bits per heavy atom. The molecule has 0 bridgehead atoms. The highest BCUT2D eigenvalue weighted by molar-refractivity contribution is 14.0. The van der Waals surface area contributed by atoms with E-state index in [1.165, 1.54) is 6.26 Å². The molecule has 1 aromatic rings. The molecule has 28 heavy (non-hydrogen) atoms. The maximum absolute atomic E-state index is 11.5. The average molecular weight is 524 g/mol. The smallest absolute Gasteiger partial charge is 0.193 e. The van der Waals surface area contributed by atoms with Gasteiger partial charge in [-0.2, -0.15) is 0 Å². The van der Waals surface area contributed by atoms with Crippen molar-refractivity contribution in [1.82, 2.24) is 15.1 Å². The number of benzene rings is 1. The Morgan fingerprint density at radius 2 is 1.79 bits per heavy atom. The van der Waals surface area contributed by atoms with Gasteiger partial charge >= 0.3 is 0 Å². The highest BCUT2D eigenvalue weighted by atomic mass is 127. The number of rotatable bonds is 7. The van der Waals surface area contributed by atoms with Gasteiger partial charge in [0.1, 0.15) is 12.4 Å². The molecule has 9 heteroatoms. The molecule has 1 saturated heterocycles. The van der Waals surface area contributed by atoms with E-state index in [1.54, 1.807) is 31.3 Å². The number of aliphatic imine (C=N–C) groups is 1. The van der Waals surface area contributed by atoms with E-state index in [9.17, 15) is 8.42 Å². The van der Waals surface area contributed by atoms with Gasteiger partial charge in [-0.25, -0.2) is 8.42 Å². The molecular weight excluding hydrogens is 491 g/mol. The van der Waals surface area contributed by atoms with E-state index in [0.29, 0.717) is 29.7 Å². The first-order chi connectivity index (χ1) is 12.8. The van der Waals surface area contributed by atoms with E-state index in [0.717, 1.165) is 38.7 Å². The van der Waals surface area contributed by atoms with Crippen LogP contribution in [0, 0.1) is 5.92 Å². The van der Waals surface area contributed by atoms with Gasteiger partial charge in [0.25, 0.3) is 0 Å². The van der Waals surface area contributed by atoms with Gasteiger partial charge in [-0.1, -0.05) is 13.8 Å². The number of hydrogen-bond donors (Lipinski definition) is 1. The van der Waals surface area contributed by atoms with Crippen LogP contribution in [0.5, 0.6) is 5.75 Å². The molecule has 1 aliphatic rings. The second-order valence-corrected chi connectivity index (χ2v) is 9.26. The minimum Gasteiger partial charge on any atom is -0.492 e. The second kappa shape index (κ2) is 11.8. The normalized spacial score (nSPS) is 16.0. The van der Waals surface area contributed by atoms with Crippen LogP contribution in [-0.2, 0) is 9.84 Å². The van der Waals surface area contributed by atoms with Gasteiger partial charge in [-0.05, 0) is 30.2 Å². The highest BCUT2D eigenvalue weighted by Crippen LogP contribution is 2.15. The maximum atomic E-state index is 11.5. The summed E-state index contributed by atoms with van der Waals surface area (Å²) < 4.78 is 28.6. The lowest BCUT2D eigenvalue weighted by molar-refractivity contribution is 0.163.